The van der Waals surface area contributed by atoms with Gasteiger partial charge in [0.15, 0.2) is 16.7 Å². The highest BCUT2D eigenvalue weighted by Gasteiger charge is 2.18. The molecule has 1 unspecified atom stereocenters. The lowest BCUT2D eigenvalue weighted by molar-refractivity contribution is 0.354. The van der Waals surface area contributed by atoms with E-state index in [1.807, 2.05) is 30.0 Å². The molecule has 0 fully saturated rings. The Morgan fingerprint density at radius 2 is 2.10 bits per heavy atom. The van der Waals surface area contributed by atoms with Crippen LogP contribution in [-0.2, 0) is 6.54 Å². The van der Waals surface area contributed by atoms with E-state index >= 15 is 0 Å². The van der Waals surface area contributed by atoms with Crippen LogP contribution >= 0.6 is 11.8 Å². The van der Waals surface area contributed by atoms with Crippen molar-refractivity contribution in [2.24, 2.45) is 4.99 Å². The Hall–Kier alpha value is -1.36. The molecule has 1 aromatic carbocycles. The zero-order chi connectivity index (χ0) is 14.4. The van der Waals surface area contributed by atoms with Crippen molar-refractivity contribution in [1.29, 1.82) is 0 Å². The first-order valence-corrected chi connectivity index (χ1v) is 7.80. The zero-order valence-electron chi connectivity index (χ0n) is 12.3. The van der Waals surface area contributed by atoms with Gasteiger partial charge in [0.1, 0.15) is 0 Å². The average Bonchev–Trinajstić information content (AvgIpc) is 2.93. The van der Waals surface area contributed by atoms with E-state index in [-0.39, 0.29) is 0 Å². The largest absolute Gasteiger partial charge is 0.493 e. The van der Waals surface area contributed by atoms with Crippen LogP contribution < -0.4 is 14.8 Å². The molecule has 0 spiro atoms. The van der Waals surface area contributed by atoms with Gasteiger partial charge >= 0.3 is 0 Å². The number of rotatable bonds is 6. The van der Waals surface area contributed by atoms with Gasteiger partial charge < -0.3 is 14.8 Å². The van der Waals surface area contributed by atoms with Crippen LogP contribution in [-0.4, -0.2) is 31.2 Å². The van der Waals surface area contributed by atoms with E-state index in [4.69, 9.17) is 9.47 Å². The fraction of sp³-hybridized carbons (Fsp3) is 0.533. The van der Waals surface area contributed by atoms with E-state index in [9.17, 15) is 0 Å². The predicted molar refractivity (Wildman–Crippen MR) is 85.0 cm³/mol. The Morgan fingerprint density at radius 1 is 1.30 bits per heavy atom. The van der Waals surface area contributed by atoms with Crippen molar-refractivity contribution in [1.82, 2.24) is 5.32 Å². The topological polar surface area (TPSA) is 42.9 Å². The molecular weight excluding hydrogens is 272 g/mol. The van der Waals surface area contributed by atoms with Crippen LogP contribution in [0.15, 0.2) is 23.2 Å². The molecule has 110 valence electrons. The quantitative estimate of drug-likeness (QED) is 0.875. The molecule has 1 N–H and O–H groups in total. The van der Waals surface area contributed by atoms with Gasteiger partial charge in [-0.25, -0.2) is 0 Å². The Kier molecular flexibility index (Phi) is 5.59. The monoisotopic (exact) mass is 294 g/mol. The summed E-state index contributed by atoms with van der Waals surface area (Å²) in [6.45, 7) is 3.91. The SMILES string of the molecule is CCCC1CN=C(NCc2ccc(OC)c(OC)c2)S1. The maximum atomic E-state index is 5.31. The van der Waals surface area contributed by atoms with Crippen LogP contribution in [0.3, 0.4) is 0 Å². The second-order valence-corrected chi connectivity index (χ2v) is 6.01. The van der Waals surface area contributed by atoms with Crippen molar-refractivity contribution in [2.75, 3.05) is 20.8 Å². The first-order chi connectivity index (χ1) is 9.76. The molecule has 0 saturated carbocycles. The highest BCUT2D eigenvalue weighted by Crippen LogP contribution is 2.28. The van der Waals surface area contributed by atoms with Crippen LogP contribution in [0.1, 0.15) is 25.3 Å². The van der Waals surface area contributed by atoms with Gasteiger partial charge in [0, 0.05) is 11.8 Å². The molecule has 0 saturated heterocycles. The van der Waals surface area contributed by atoms with E-state index < -0.39 is 0 Å². The molecule has 0 aliphatic carbocycles. The lowest BCUT2D eigenvalue weighted by atomic mass is 10.2. The normalized spacial score (nSPS) is 17.8. The van der Waals surface area contributed by atoms with E-state index in [1.54, 1.807) is 14.2 Å². The Morgan fingerprint density at radius 3 is 2.80 bits per heavy atom. The fourth-order valence-corrected chi connectivity index (χ4v) is 3.28. The van der Waals surface area contributed by atoms with Crippen molar-refractivity contribution in [3.8, 4) is 11.5 Å². The van der Waals surface area contributed by atoms with Gasteiger partial charge in [-0.05, 0) is 24.1 Å². The summed E-state index contributed by atoms with van der Waals surface area (Å²) in [6.07, 6.45) is 2.45. The molecule has 0 radical (unpaired) electrons. The highest BCUT2D eigenvalue weighted by atomic mass is 32.2. The number of aliphatic imine (C=N–C) groups is 1. The number of nitrogens with zero attached hydrogens (tertiary/aromatic N) is 1. The Balaban J connectivity index is 1.88. The molecule has 1 atom stereocenters. The third-order valence-corrected chi connectivity index (χ3v) is 4.43. The standard InChI is InChI=1S/C15H22N2O2S/c1-4-5-12-10-17-15(20-12)16-9-11-6-7-13(18-2)14(8-11)19-3/h6-8,12H,4-5,9-10H2,1-3H3,(H,16,17). The van der Waals surface area contributed by atoms with Crippen molar-refractivity contribution >= 4 is 16.9 Å². The van der Waals surface area contributed by atoms with E-state index in [1.165, 1.54) is 12.8 Å². The number of methoxy groups -OCH3 is 2. The summed E-state index contributed by atoms with van der Waals surface area (Å²) in [4.78, 5) is 4.54. The minimum absolute atomic E-state index is 0.646. The molecule has 1 aromatic rings. The van der Waals surface area contributed by atoms with Crippen molar-refractivity contribution < 1.29 is 9.47 Å². The molecule has 5 heteroatoms. The van der Waals surface area contributed by atoms with Crippen LogP contribution in [0, 0.1) is 0 Å². The van der Waals surface area contributed by atoms with Gasteiger partial charge in [-0.1, -0.05) is 31.2 Å². The Labute approximate surface area is 125 Å². The minimum atomic E-state index is 0.646. The van der Waals surface area contributed by atoms with E-state index in [0.717, 1.165) is 35.3 Å². The first-order valence-electron chi connectivity index (χ1n) is 6.92. The maximum absolute atomic E-state index is 5.31. The summed E-state index contributed by atoms with van der Waals surface area (Å²) >= 11 is 1.86. The van der Waals surface area contributed by atoms with Crippen molar-refractivity contribution in [3.63, 3.8) is 0 Å². The summed E-state index contributed by atoms with van der Waals surface area (Å²) in [5.41, 5.74) is 1.16. The first kappa shape index (κ1) is 15.0. The lowest BCUT2D eigenvalue weighted by Gasteiger charge is -2.11. The molecule has 0 aromatic heterocycles. The highest BCUT2D eigenvalue weighted by molar-refractivity contribution is 8.14. The summed E-state index contributed by atoms with van der Waals surface area (Å²) in [5.74, 6) is 1.52. The molecule has 1 heterocycles. The number of amidine groups is 1. The van der Waals surface area contributed by atoms with Crippen LogP contribution in [0.5, 0.6) is 11.5 Å². The van der Waals surface area contributed by atoms with Crippen molar-refractivity contribution in [3.05, 3.63) is 23.8 Å². The summed E-state index contributed by atoms with van der Waals surface area (Å²) < 4.78 is 10.5. The van der Waals surface area contributed by atoms with E-state index in [2.05, 4.69) is 17.2 Å². The summed E-state index contributed by atoms with van der Waals surface area (Å²) in [7, 11) is 3.30. The lowest BCUT2D eigenvalue weighted by Crippen LogP contribution is -2.18. The third kappa shape index (κ3) is 3.82. The molecule has 0 amide bonds. The smallest absolute Gasteiger partial charge is 0.161 e. The third-order valence-electron chi connectivity index (χ3n) is 3.22. The van der Waals surface area contributed by atoms with Crippen LogP contribution in [0.25, 0.3) is 0 Å². The van der Waals surface area contributed by atoms with Gasteiger partial charge in [0.25, 0.3) is 0 Å². The van der Waals surface area contributed by atoms with Gasteiger partial charge in [0.2, 0.25) is 0 Å². The molecule has 0 bridgehead atoms. The molecule has 2 rings (SSSR count). The molecule has 1 aliphatic rings. The Bertz CT molecular complexity index is 477. The number of hydrogen-bond donors (Lipinski definition) is 1. The van der Waals surface area contributed by atoms with Crippen molar-refractivity contribution in [2.45, 2.75) is 31.6 Å². The number of benzene rings is 1. The predicted octanol–water partition coefficient (Wildman–Crippen LogP) is 3.06. The average molecular weight is 294 g/mol. The second-order valence-electron chi connectivity index (χ2n) is 4.72. The van der Waals surface area contributed by atoms with E-state index in [0.29, 0.717) is 5.25 Å². The molecular formula is C15H22N2O2S. The zero-order valence-corrected chi connectivity index (χ0v) is 13.1. The van der Waals surface area contributed by atoms with Gasteiger partial charge in [-0.15, -0.1) is 0 Å². The number of nitrogens with one attached hydrogen (secondary N) is 1. The van der Waals surface area contributed by atoms with Crippen LogP contribution in [0.4, 0.5) is 0 Å². The number of ether oxygens (including phenoxy) is 2. The maximum Gasteiger partial charge on any atom is 0.161 e. The summed E-state index contributed by atoms with van der Waals surface area (Å²) in [5, 5.41) is 5.09. The molecule has 4 nitrogen and oxygen atoms in total. The minimum Gasteiger partial charge on any atom is -0.493 e. The fourth-order valence-electron chi connectivity index (χ4n) is 2.16. The molecule has 20 heavy (non-hydrogen) atoms. The van der Waals surface area contributed by atoms with Gasteiger partial charge in [-0.2, -0.15) is 0 Å². The van der Waals surface area contributed by atoms with Gasteiger partial charge in [-0.3, -0.25) is 4.99 Å². The van der Waals surface area contributed by atoms with Crippen LogP contribution in [0.2, 0.25) is 0 Å². The number of thioether (sulfide) groups is 1. The van der Waals surface area contributed by atoms with Gasteiger partial charge in [0.05, 0.1) is 20.8 Å². The summed E-state index contributed by atoms with van der Waals surface area (Å²) in [6, 6.07) is 5.97. The molecule has 1 aliphatic heterocycles. The second kappa shape index (κ2) is 7.43. The number of hydrogen-bond acceptors (Lipinski definition) is 5.